The molecule has 0 bridgehead atoms. The molecule has 3 rings (SSSR count). The lowest BCUT2D eigenvalue weighted by Gasteiger charge is -2.23. The molecule has 2 aromatic heterocycles. The first kappa shape index (κ1) is 13.3. The van der Waals surface area contributed by atoms with Crippen molar-refractivity contribution in [2.45, 2.75) is 25.4 Å². The van der Waals surface area contributed by atoms with Crippen LogP contribution in [0, 0.1) is 0 Å². The fraction of sp³-hybridized carbons (Fsp3) is 0.462. The number of aromatic nitrogens is 2. The summed E-state index contributed by atoms with van der Waals surface area (Å²) in [5.74, 6) is -0.142. The summed E-state index contributed by atoms with van der Waals surface area (Å²) >= 11 is 1.42. The van der Waals surface area contributed by atoms with Crippen molar-refractivity contribution in [3.8, 4) is 0 Å². The van der Waals surface area contributed by atoms with Crippen LogP contribution in [0.3, 0.4) is 0 Å². The molecule has 1 aliphatic rings. The number of hydrogen-bond acceptors (Lipinski definition) is 5. The zero-order chi connectivity index (χ0) is 13.9. The molecule has 0 aromatic carbocycles. The molecule has 1 amide bonds. The van der Waals surface area contributed by atoms with E-state index < -0.39 is 0 Å². The minimum atomic E-state index is -0.159. The number of nitrogens with zero attached hydrogens (tertiary/aromatic N) is 2. The second kappa shape index (κ2) is 5.72. The SMILES string of the molecule is O=C(Cn1cnc2sccc2c1=O)N[C@H]1CCCNC1. The topological polar surface area (TPSA) is 76.0 Å². The summed E-state index contributed by atoms with van der Waals surface area (Å²) in [5.41, 5.74) is -0.159. The van der Waals surface area contributed by atoms with Crippen LogP contribution < -0.4 is 16.2 Å². The predicted octanol–water partition coefficient (Wildman–Crippen LogP) is 0.326. The van der Waals surface area contributed by atoms with Crippen molar-refractivity contribution in [1.82, 2.24) is 20.2 Å². The lowest BCUT2D eigenvalue weighted by atomic mass is 10.1. The molecule has 1 fully saturated rings. The fourth-order valence-corrected chi connectivity index (χ4v) is 3.13. The number of piperidine rings is 1. The Morgan fingerprint density at radius 1 is 1.60 bits per heavy atom. The summed E-state index contributed by atoms with van der Waals surface area (Å²) in [7, 11) is 0. The van der Waals surface area contributed by atoms with E-state index >= 15 is 0 Å². The van der Waals surface area contributed by atoms with Gasteiger partial charge in [-0.05, 0) is 30.8 Å². The summed E-state index contributed by atoms with van der Waals surface area (Å²) in [4.78, 5) is 29.0. The van der Waals surface area contributed by atoms with Crippen LogP contribution in [-0.4, -0.2) is 34.6 Å². The molecule has 2 N–H and O–H groups in total. The molecule has 20 heavy (non-hydrogen) atoms. The van der Waals surface area contributed by atoms with Crippen LogP contribution in [0.15, 0.2) is 22.6 Å². The Morgan fingerprint density at radius 3 is 3.30 bits per heavy atom. The van der Waals surface area contributed by atoms with Crippen LogP contribution in [0.5, 0.6) is 0 Å². The van der Waals surface area contributed by atoms with Crippen LogP contribution in [0.2, 0.25) is 0 Å². The zero-order valence-corrected chi connectivity index (χ0v) is 11.8. The Bertz CT molecular complexity index is 672. The predicted molar refractivity (Wildman–Crippen MR) is 77.9 cm³/mol. The van der Waals surface area contributed by atoms with Gasteiger partial charge in [0.2, 0.25) is 5.91 Å². The zero-order valence-electron chi connectivity index (χ0n) is 11.0. The highest BCUT2D eigenvalue weighted by Gasteiger charge is 2.16. The van der Waals surface area contributed by atoms with Gasteiger partial charge in [0, 0.05) is 12.6 Å². The molecular formula is C13H16N4O2S. The molecule has 106 valence electrons. The Balaban J connectivity index is 1.70. The summed E-state index contributed by atoms with van der Waals surface area (Å²) < 4.78 is 1.36. The number of carbonyl (C=O) groups is 1. The maximum atomic E-state index is 12.2. The van der Waals surface area contributed by atoms with Gasteiger partial charge in [0.05, 0.1) is 11.7 Å². The molecule has 6 nitrogen and oxygen atoms in total. The smallest absolute Gasteiger partial charge is 0.262 e. The molecule has 0 radical (unpaired) electrons. The van der Waals surface area contributed by atoms with Crippen LogP contribution >= 0.6 is 11.3 Å². The number of rotatable bonds is 3. The molecule has 1 aliphatic heterocycles. The quantitative estimate of drug-likeness (QED) is 0.854. The van der Waals surface area contributed by atoms with Crippen molar-refractivity contribution < 1.29 is 4.79 Å². The first-order valence-electron chi connectivity index (χ1n) is 6.67. The van der Waals surface area contributed by atoms with Crippen LogP contribution in [0.25, 0.3) is 10.2 Å². The highest BCUT2D eigenvalue weighted by atomic mass is 32.1. The minimum Gasteiger partial charge on any atom is -0.351 e. The van der Waals surface area contributed by atoms with E-state index in [0.29, 0.717) is 10.2 Å². The Kier molecular flexibility index (Phi) is 3.79. The van der Waals surface area contributed by atoms with E-state index in [4.69, 9.17) is 0 Å². The van der Waals surface area contributed by atoms with E-state index in [1.54, 1.807) is 6.07 Å². The summed E-state index contributed by atoms with van der Waals surface area (Å²) in [5, 5.41) is 8.60. The number of carbonyl (C=O) groups excluding carboxylic acids is 1. The van der Waals surface area contributed by atoms with Crippen LogP contribution in [-0.2, 0) is 11.3 Å². The minimum absolute atomic E-state index is 0.0219. The Morgan fingerprint density at radius 2 is 2.50 bits per heavy atom. The average Bonchev–Trinajstić information content (AvgIpc) is 2.92. The van der Waals surface area contributed by atoms with Gasteiger partial charge in [-0.2, -0.15) is 0 Å². The average molecular weight is 292 g/mol. The Labute approximate surface area is 119 Å². The van der Waals surface area contributed by atoms with Gasteiger partial charge in [0.25, 0.3) is 5.56 Å². The van der Waals surface area contributed by atoms with Gasteiger partial charge in [-0.15, -0.1) is 11.3 Å². The van der Waals surface area contributed by atoms with Crippen molar-refractivity contribution in [2.24, 2.45) is 0 Å². The molecule has 3 heterocycles. The van der Waals surface area contributed by atoms with Crippen molar-refractivity contribution in [1.29, 1.82) is 0 Å². The molecule has 0 aliphatic carbocycles. The van der Waals surface area contributed by atoms with Crippen LogP contribution in [0.1, 0.15) is 12.8 Å². The van der Waals surface area contributed by atoms with E-state index in [1.807, 2.05) is 5.38 Å². The van der Waals surface area contributed by atoms with Crippen LogP contribution in [0.4, 0.5) is 0 Å². The summed E-state index contributed by atoms with van der Waals surface area (Å²) in [6.07, 6.45) is 3.49. The first-order chi connectivity index (χ1) is 9.74. The van der Waals surface area contributed by atoms with E-state index in [9.17, 15) is 9.59 Å². The molecule has 7 heteroatoms. The maximum absolute atomic E-state index is 12.2. The number of nitrogens with one attached hydrogen (secondary N) is 2. The van der Waals surface area contributed by atoms with Crippen molar-refractivity contribution in [3.63, 3.8) is 0 Å². The number of fused-ring (bicyclic) bond motifs is 1. The van der Waals surface area contributed by atoms with Gasteiger partial charge in [0.1, 0.15) is 11.4 Å². The van der Waals surface area contributed by atoms with Gasteiger partial charge >= 0.3 is 0 Å². The normalized spacial score (nSPS) is 19.1. The molecule has 0 spiro atoms. The van der Waals surface area contributed by atoms with Gasteiger partial charge in [-0.1, -0.05) is 0 Å². The van der Waals surface area contributed by atoms with E-state index in [-0.39, 0.29) is 24.1 Å². The lowest BCUT2D eigenvalue weighted by molar-refractivity contribution is -0.122. The standard InChI is InChI=1S/C13H16N4O2S/c18-11(16-9-2-1-4-14-6-9)7-17-8-15-12-10(13(17)19)3-5-20-12/h3,5,8-9,14H,1-2,4,6-7H2,(H,16,18)/t9-/m0/s1. The monoisotopic (exact) mass is 292 g/mol. The maximum Gasteiger partial charge on any atom is 0.262 e. The second-order valence-corrected chi connectivity index (χ2v) is 5.82. The fourth-order valence-electron chi connectivity index (χ4n) is 2.41. The first-order valence-corrected chi connectivity index (χ1v) is 7.55. The second-order valence-electron chi connectivity index (χ2n) is 4.93. The molecule has 2 aromatic rings. The molecule has 0 saturated carbocycles. The van der Waals surface area contributed by atoms with Gasteiger partial charge in [0.15, 0.2) is 0 Å². The number of thiophene rings is 1. The van der Waals surface area contributed by atoms with E-state index in [0.717, 1.165) is 25.9 Å². The van der Waals surface area contributed by atoms with Gasteiger partial charge in [-0.3, -0.25) is 14.2 Å². The largest absolute Gasteiger partial charge is 0.351 e. The number of amides is 1. The number of hydrogen-bond donors (Lipinski definition) is 2. The molecule has 1 saturated heterocycles. The lowest BCUT2D eigenvalue weighted by Crippen LogP contribution is -2.47. The molecule has 0 unspecified atom stereocenters. The van der Waals surface area contributed by atoms with Crippen molar-refractivity contribution >= 4 is 27.5 Å². The highest BCUT2D eigenvalue weighted by molar-refractivity contribution is 7.16. The third kappa shape index (κ3) is 2.73. The Hall–Kier alpha value is -1.73. The van der Waals surface area contributed by atoms with Crippen molar-refractivity contribution in [2.75, 3.05) is 13.1 Å². The summed E-state index contributed by atoms with van der Waals surface area (Å²) in [6, 6.07) is 1.90. The molecular weight excluding hydrogens is 276 g/mol. The van der Waals surface area contributed by atoms with Gasteiger partial charge < -0.3 is 10.6 Å². The third-order valence-electron chi connectivity index (χ3n) is 3.43. The van der Waals surface area contributed by atoms with E-state index in [1.165, 1.54) is 22.2 Å². The highest BCUT2D eigenvalue weighted by Crippen LogP contribution is 2.13. The molecule has 1 atom stereocenters. The summed E-state index contributed by atoms with van der Waals surface area (Å²) in [6.45, 7) is 1.82. The third-order valence-corrected chi connectivity index (χ3v) is 4.25. The van der Waals surface area contributed by atoms with Crippen molar-refractivity contribution in [3.05, 3.63) is 28.1 Å². The van der Waals surface area contributed by atoms with Gasteiger partial charge in [-0.25, -0.2) is 4.98 Å². The van der Waals surface area contributed by atoms with E-state index in [2.05, 4.69) is 15.6 Å².